The van der Waals surface area contributed by atoms with E-state index in [-0.39, 0.29) is 36.2 Å². The summed E-state index contributed by atoms with van der Waals surface area (Å²) in [5.41, 5.74) is 5.72. The fourth-order valence-electron chi connectivity index (χ4n) is 2.58. The van der Waals surface area contributed by atoms with E-state index < -0.39 is 15.6 Å². The lowest BCUT2D eigenvalue weighted by molar-refractivity contribution is -0.121. The van der Waals surface area contributed by atoms with Gasteiger partial charge in [-0.05, 0) is 35.7 Å². The molecule has 0 aliphatic heterocycles. The highest BCUT2D eigenvalue weighted by molar-refractivity contribution is 7.89. The van der Waals surface area contributed by atoms with Gasteiger partial charge in [0, 0.05) is 25.0 Å². The van der Waals surface area contributed by atoms with Crippen LogP contribution in [-0.2, 0) is 14.8 Å². The van der Waals surface area contributed by atoms with Crippen LogP contribution in [0.5, 0.6) is 0 Å². The van der Waals surface area contributed by atoms with Crippen molar-refractivity contribution in [3.63, 3.8) is 0 Å². The molecule has 1 amide bonds. The van der Waals surface area contributed by atoms with Crippen molar-refractivity contribution in [2.75, 3.05) is 13.1 Å². The van der Waals surface area contributed by atoms with Crippen LogP contribution >= 0.6 is 12.4 Å². The Balaban J connectivity index is 0.00000364. The number of nitrogens with one attached hydrogen (secondary N) is 2. The van der Waals surface area contributed by atoms with E-state index in [2.05, 4.69) is 10.0 Å². The van der Waals surface area contributed by atoms with E-state index in [0.717, 1.165) is 23.6 Å². The van der Waals surface area contributed by atoms with Crippen LogP contribution in [0.1, 0.15) is 33.1 Å². The first-order chi connectivity index (χ1) is 12.3. The number of hydrogen-bond donors (Lipinski definition) is 3. The third kappa shape index (κ3) is 6.46. The SMILES string of the molecule is CCC(N)(CC)CNC(=O)CCNS(=O)(=O)c1ccc2ccccc2c1.Cl. The topological polar surface area (TPSA) is 101 Å². The van der Waals surface area contributed by atoms with Crippen LogP contribution in [0.25, 0.3) is 10.8 Å². The molecule has 0 aliphatic rings. The standard InChI is InChI=1S/C19H27N3O3S.ClH/c1-3-19(20,4-2)14-21-18(23)11-12-22-26(24,25)17-10-9-15-7-5-6-8-16(15)13-17;/h5-10,13,22H,3-4,11-12,14,20H2,1-2H3,(H,21,23);1H. The number of rotatable bonds is 9. The van der Waals surface area contributed by atoms with E-state index in [1.54, 1.807) is 18.2 Å². The minimum atomic E-state index is -3.65. The van der Waals surface area contributed by atoms with Crippen LogP contribution in [0.2, 0.25) is 0 Å². The van der Waals surface area contributed by atoms with Crippen LogP contribution in [-0.4, -0.2) is 33.0 Å². The number of hydrogen-bond acceptors (Lipinski definition) is 4. The molecule has 27 heavy (non-hydrogen) atoms. The summed E-state index contributed by atoms with van der Waals surface area (Å²) in [4.78, 5) is 12.1. The zero-order valence-electron chi connectivity index (χ0n) is 15.7. The van der Waals surface area contributed by atoms with E-state index in [9.17, 15) is 13.2 Å². The van der Waals surface area contributed by atoms with Gasteiger partial charge in [0.1, 0.15) is 0 Å². The summed E-state index contributed by atoms with van der Waals surface area (Å²) >= 11 is 0. The molecule has 0 saturated carbocycles. The van der Waals surface area contributed by atoms with Gasteiger partial charge in [0.05, 0.1) is 4.90 Å². The molecule has 0 spiro atoms. The second-order valence-corrected chi connectivity index (χ2v) is 8.27. The molecule has 150 valence electrons. The van der Waals surface area contributed by atoms with Crippen molar-refractivity contribution in [1.82, 2.24) is 10.0 Å². The van der Waals surface area contributed by atoms with E-state index in [1.165, 1.54) is 0 Å². The highest BCUT2D eigenvalue weighted by Gasteiger charge is 2.21. The fourth-order valence-corrected chi connectivity index (χ4v) is 3.65. The molecule has 0 fully saturated rings. The minimum Gasteiger partial charge on any atom is -0.354 e. The van der Waals surface area contributed by atoms with Gasteiger partial charge in [-0.1, -0.05) is 44.2 Å². The highest BCUT2D eigenvalue weighted by atomic mass is 35.5. The van der Waals surface area contributed by atoms with Crippen molar-refractivity contribution < 1.29 is 13.2 Å². The summed E-state index contributed by atoms with van der Waals surface area (Å²) in [7, 11) is -3.65. The molecule has 0 radical (unpaired) electrons. The molecule has 0 unspecified atom stereocenters. The Kier molecular flexibility index (Phi) is 8.68. The smallest absolute Gasteiger partial charge is 0.240 e. The molecule has 0 bridgehead atoms. The zero-order valence-corrected chi connectivity index (χ0v) is 17.3. The normalized spacial score (nSPS) is 11.8. The lowest BCUT2D eigenvalue weighted by Gasteiger charge is -2.26. The lowest BCUT2D eigenvalue weighted by Crippen LogP contribution is -2.49. The number of amides is 1. The Bertz CT molecular complexity index is 867. The van der Waals surface area contributed by atoms with Gasteiger partial charge in [-0.2, -0.15) is 0 Å². The van der Waals surface area contributed by atoms with Gasteiger partial charge in [-0.15, -0.1) is 12.4 Å². The Morgan fingerprint density at radius 1 is 1.07 bits per heavy atom. The maximum absolute atomic E-state index is 12.4. The van der Waals surface area contributed by atoms with Crippen LogP contribution in [0, 0.1) is 0 Å². The summed E-state index contributed by atoms with van der Waals surface area (Å²) in [6.45, 7) is 4.38. The lowest BCUT2D eigenvalue weighted by atomic mass is 9.94. The van der Waals surface area contributed by atoms with Crippen molar-refractivity contribution in [3.05, 3.63) is 42.5 Å². The fraction of sp³-hybridized carbons (Fsp3) is 0.421. The number of carbonyl (C=O) groups is 1. The van der Waals surface area contributed by atoms with Crippen LogP contribution < -0.4 is 15.8 Å². The molecule has 0 heterocycles. The van der Waals surface area contributed by atoms with Crippen LogP contribution in [0.15, 0.2) is 47.4 Å². The molecule has 0 aromatic heterocycles. The Labute approximate surface area is 167 Å². The van der Waals surface area contributed by atoms with E-state index in [0.29, 0.717) is 6.54 Å². The van der Waals surface area contributed by atoms with E-state index >= 15 is 0 Å². The predicted molar refractivity (Wildman–Crippen MR) is 112 cm³/mol. The summed E-state index contributed by atoms with van der Waals surface area (Å²) < 4.78 is 27.3. The Hall–Kier alpha value is -1.67. The first-order valence-corrected chi connectivity index (χ1v) is 10.3. The number of fused-ring (bicyclic) bond motifs is 1. The summed E-state index contributed by atoms with van der Waals surface area (Å²) in [6.07, 6.45) is 1.59. The zero-order chi connectivity index (χ0) is 19.2. The van der Waals surface area contributed by atoms with Gasteiger partial charge in [0.2, 0.25) is 15.9 Å². The first kappa shape index (κ1) is 23.4. The maximum Gasteiger partial charge on any atom is 0.240 e. The van der Waals surface area contributed by atoms with Gasteiger partial charge in [-0.25, -0.2) is 13.1 Å². The van der Waals surface area contributed by atoms with Crippen molar-refractivity contribution in [1.29, 1.82) is 0 Å². The maximum atomic E-state index is 12.4. The summed E-state index contributed by atoms with van der Waals surface area (Å²) in [5, 5.41) is 4.60. The van der Waals surface area contributed by atoms with Crippen molar-refractivity contribution in [2.24, 2.45) is 5.73 Å². The summed E-state index contributed by atoms with van der Waals surface area (Å²) in [5.74, 6) is -0.220. The minimum absolute atomic E-state index is 0. The monoisotopic (exact) mass is 413 g/mol. The molecule has 4 N–H and O–H groups in total. The first-order valence-electron chi connectivity index (χ1n) is 8.84. The van der Waals surface area contributed by atoms with E-state index in [4.69, 9.17) is 5.73 Å². The molecule has 8 heteroatoms. The van der Waals surface area contributed by atoms with Crippen molar-refractivity contribution >= 4 is 39.1 Å². The largest absolute Gasteiger partial charge is 0.354 e. The molecule has 0 aliphatic carbocycles. The third-order valence-corrected chi connectivity index (χ3v) is 6.18. The van der Waals surface area contributed by atoms with Gasteiger partial charge >= 0.3 is 0 Å². The van der Waals surface area contributed by atoms with Crippen molar-refractivity contribution in [3.8, 4) is 0 Å². The van der Waals surface area contributed by atoms with Crippen LogP contribution in [0.4, 0.5) is 0 Å². The molecule has 2 aromatic rings. The molecular formula is C19H28ClN3O3S. The second kappa shape index (κ2) is 10.0. The predicted octanol–water partition coefficient (Wildman–Crippen LogP) is 2.56. The van der Waals surface area contributed by atoms with Gasteiger partial charge < -0.3 is 11.1 Å². The number of carbonyl (C=O) groups excluding carboxylic acids is 1. The molecule has 0 saturated heterocycles. The van der Waals surface area contributed by atoms with Gasteiger partial charge in [-0.3, -0.25) is 4.79 Å². The number of halogens is 1. The molecule has 6 nitrogen and oxygen atoms in total. The van der Waals surface area contributed by atoms with Gasteiger partial charge in [0.25, 0.3) is 0 Å². The quantitative estimate of drug-likeness (QED) is 0.588. The number of sulfonamides is 1. The third-order valence-electron chi connectivity index (χ3n) is 4.72. The van der Waals surface area contributed by atoms with Crippen LogP contribution in [0.3, 0.4) is 0 Å². The average Bonchev–Trinajstić information content (AvgIpc) is 2.65. The molecule has 0 atom stereocenters. The Morgan fingerprint density at radius 3 is 2.33 bits per heavy atom. The number of benzene rings is 2. The molecule has 2 aromatic carbocycles. The Morgan fingerprint density at radius 2 is 1.70 bits per heavy atom. The van der Waals surface area contributed by atoms with Crippen molar-refractivity contribution in [2.45, 2.75) is 43.5 Å². The molecule has 2 rings (SSSR count). The number of nitrogens with two attached hydrogens (primary N) is 1. The summed E-state index contributed by atoms with van der Waals surface area (Å²) in [6, 6.07) is 12.5. The average molecular weight is 414 g/mol. The second-order valence-electron chi connectivity index (χ2n) is 6.50. The highest BCUT2D eigenvalue weighted by Crippen LogP contribution is 2.18. The molecular weight excluding hydrogens is 386 g/mol. The van der Waals surface area contributed by atoms with E-state index in [1.807, 2.05) is 38.1 Å². The van der Waals surface area contributed by atoms with Gasteiger partial charge in [0.15, 0.2) is 0 Å².